The van der Waals surface area contributed by atoms with Crippen LogP contribution in [0.1, 0.15) is 34.1 Å². The van der Waals surface area contributed by atoms with Gasteiger partial charge in [-0.3, -0.25) is 0 Å². The lowest BCUT2D eigenvalue weighted by molar-refractivity contribution is 0.0593. The van der Waals surface area contributed by atoms with Gasteiger partial charge in [-0.15, -0.1) is 10.2 Å². The van der Waals surface area contributed by atoms with Crippen molar-refractivity contribution in [2.45, 2.75) is 33.2 Å². The molecule has 0 aliphatic carbocycles. The zero-order valence-corrected chi connectivity index (χ0v) is 13.4. The molecule has 1 aromatic carbocycles. The number of nitrogens with zero attached hydrogens (tertiary/aromatic N) is 2. The molecule has 0 amide bonds. The normalized spacial score (nSPS) is 11.8. The Morgan fingerprint density at radius 1 is 1.23 bits per heavy atom. The van der Waals surface area contributed by atoms with Gasteiger partial charge in [0.25, 0.3) is 0 Å². The lowest BCUT2D eigenvalue weighted by atomic mass is 10.00. The second kappa shape index (κ2) is 7.02. The third-order valence-electron chi connectivity index (χ3n) is 3.48. The Hall–Kier alpha value is -2.43. The first-order valence-electron chi connectivity index (χ1n) is 7.24. The molecule has 22 heavy (non-hydrogen) atoms. The summed E-state index contributed by atoms with van der Waals surface area (Å²) in [6, 6.07) is 10.0. The number of hydrogen-bond donors (Lipinski definition) is 1. The molecule has 2 rings (SSSR count). The van der Waals surface area contributed by atoms with Gasteiger partial charge in [0.15, 0.2) is 5.69 Å². The average molecular weight is 299 g/mol. The van der Waals surface area contributed by atoms with Crippen LogP contribution in [-0.2, 0) is 11.2 Å². The summed E-state index contributed by atoms with van der Waals surface area (Å²) in [4.78, 5) is 11.3. The van der Waals surface area contributed by atoms with Crippen molar-refractivity contribution in [1.82, 2.24) is 10.2 Å². The molecule has 0 fully saturated rings. The Balaban J connectivity index is 1.99. The Morgan fingerprint density at radius 3 is 2.59 bits per heavy atom. The van der Waals surface area contributed by atoms with Crippen LogP contribution in [0.3, 0.4) is 0 Å². The van der Waals surface area contributed by atoms with Crippen LogP contribution in [0.25, 0.3) is 0 Å². The lowest BCUT2D eigenvalue weighted by Crippen LogP contribution is -2.20. The van der Waals surface area contributed by atoms with Crippen molar-refractivity contribution < 1.29 is 9.53 Å². The summed E-state index contributed by atoms with van der Waals surface area (Å²) in [5.74, 6) is 0.160. The third kappa shape index (κ3) is 4.04. The van der Waals surface area contributed by atoms with Crippen molar-refractivity contribution in [1.29, 1.82) is 0 Å². The van der Waals surface area contributed by atoms with Crippen LogP contribution < -0.4 is 5.32 Å². The SMILES string of the molecule is COC(=O)c1ccc(NC(C)Cc2ccc(C)cc2C)nn1. The number of ether oxygens (including phenoxy) is 1. The molecular weight excluding hydrogens is 278 g/mol. The maximum Gasteiger partial charge on any atom is 0.358 e. The first kappa shape index (κ1) is 15.9. The zero-order chi connectivity index (χ0) is 16.1. The minimum atomic E-state index is -0.484. The van der Waals surface area contributed by atoms with Crippen molar-refractivity contribution in [3.05, 3.63) is 52.7 Å². The van der Waals surface area contributed by atoms with Gasteiger partial charge >= 0.3 is 5.97 Å². The number of anilines is 1. The predicted molar refractivity (Wildman–Crippen MR) is 86.1 cm³/mol. The molecule has 116 valence electrons. The van der Waals surface area contributed by atoms with E-state index in [-0.39, 0.29) is 11.7 Å². The van der Waals surface area contributed by atoms with Gasteiger partial charge in [-0.1, -0.05) is 23.8 Å². The van der Waals surface area contributed by atoms with E-state index in [1.54, 1.807) is 12.1 Å². The van der Waals surface area contributed by atoms with E-state index in [1.165, 1.54) is 23.8 Å². The fourth-order valence-electron chi connectivity index (χ4n) is 2.33. The number of esters is 1. The highest BCUT2D eigenvalue weighted by Crippen LogP contribution is 2.14. The second-order valence-electron chi connectivity index (χ2n) is 5.47. The van der Waals surface area contributed by atoms with E-state index in [4.69, 9.17) is 0 Å². The molecule has 0 saturated heterocycles. The van der Waals surface area contributed by atoms with Gasteiger partial charge in [-0.2, -0.15) is 0 Å². The molecular formula is C17H21N3O2. The third-order valence-corrected chi connectivity index (χ3v) is 3.48. The van der Waals surface area contributed by atoms with E-state index < -0.39 is 5.97 Å². The van der Waals surface area contributed by atoms with Gasteiger partial charge in [-0.05, 0) is 50.5 Å². The maximum atomic E-state index is 11.3. The Labute approximate surface area is 130 Å². The standard InChI is InChI=1S/C17H21N3O2/c1-11-5-6-14(12(2)9-11)10-13(3)18-16-8-7-15(19-20-16)17(21)22-4/h5-9,13H,10H2,1-4H3,(H,18,20). The molecule has 1 N–H and O–H groups in total. The molecule has 0 saturated carbocycles. The highest BCUT2D eigenvalue weighted by atomic mass is 16.5. The van der Waals surface area contributed by atoms with Crippen molar-refractivity contribution in [3.63, 3.8) is 0 Å². The van der Waals surface area contributed by atoms with Crippen molar-refractivity contribution in [2.24, 2.45) is 0 Å². The summed E-state index contributed by atoms with van der Waals surface area (Å²) < 4.78 is 4.60. The van der Waals surface area contributed by atoms with Gasteiger partial charge in [-0.25, -0.2) is 4.79 Å². The molecule has 0 bridgehead atoms. The minimum absolute atomic E-state index is 0.204. The largest absolute Gasteiger partial charge is 0.464 e. The summed E-state index contributed by atoms with van der Waals surface area (Å²) in [6.45, 7) is 6.31. The zero-order valence-electron chi connectivity index (χ0n) is 13.4. The number of carbonyl (C=O) groups excluding carboxylic acids is 1. The monoisotopic (exact) mass is 299 g/mol. The Kier molecular flexibility index (Phi) is 5.09. The summed E-state index contributed by atoms with van der Waals surface area (Å²) in [5, 5.41) is 11.1. The highest BCUT2D eigenvalue weighted by Gasteiger charge is 2.10. The molecule has 0 aliphatic rings. The maximum absolute atomic E-state index is 11.3. The molecule has 1 aromatic heterocycles. The predicted octanol–water partition coefficient (Wildman–Crippen LogP) is 2.92. The van der Waals surface area contributed by atoms with Gasteiger partial charge < -0.3 is 10.1 Å². The summed E-state index contributed by atoms with van der Waals surface area (Å²) >= 11 is 0. The number of hydrogen-bond acceptors (Lipinski definition) is 5. The first-order chi connectivity index (χ1) is 10.5. The molecule has 1 atom stereocenters. The van der Waals surface area contributed by atoms with E-state index >= 15 is 0 Å². The molecule has 1 unspecified atom stereocenters. The van der Waals surface area contributed by atoms with E-state index in [0.717, 1.165) is 6.42 Å². The number of benzene rings is 1. The summed E-state index contributed by atoms with van der Waals surface area (Å²) in [6.07, 6.45) is 0.895. The summed E-state index contributed by atoms with van der Waals surface area (Å²) in [5.41, 5.74) is 4.08. The van der Waals surface area contributed by atoms with Crippen molar-refractivity contribution in [3.8, 4) is 0 Å². The number of aromatic nitrogens is 2. The molecule has 5 heteroatoms. The van der Waals surface area contributed by atoms with Gasteiger partial charge in [0.05, 0.1) is 7.11 Å². The van der Waals surface area contributed by atoms with Crippen LogP contribution >= 0.6 is 0 Å². The summed E-state index contributed by atoms with van der Waals surface area (Å²) in [7, 11) is 1.32. The van der Waals surface area contributed by atoms with Crippen LogP contribution in [0.4, 0.5) is 5.82 Å². The first-order valence-corrected chi connectivity index (χ1v) is 7.24. The molecule has 0 radical (unpaired) electrons. The minimum Gasteiger partial charge on any atom is -0.464 e. The van der Waals surface area contributed by atoms with Crippen LogP contribution in [0.15, 0.2) is 30.3 Å². The lowest BCUT2D eigenvalue weighted by Gasteiger charge is -2.16. The Morgan fingerprint density at radius 2 is 2.00 bits per heavy atom. The van der Waals surface area contributed by atoms with E-state index in [0.29, 0.717) is 5.82 Å². The van der Waals surface area contributed by atoms with Gasteiger partial charge in [0.2, 0.25) is 0 Å². The molecule has 2 aromatic rings. The highest BCUT2D eigenvalue weighted by molar-refractivity contribution is 5.86. The van der Waals surface area contributed by atoms with E-state index in [1.807, 2.05) is 0 Å². The smallest absolute Gasteiger partial charge is 0.358 e. The van der Waals surface area contributed by atoms with Crippen LogP contribution in [-0.4, -0.2) is 29.3 Å². The fourth-order valence-corrected chi connectivity index (χ4v) is 2.33. The quantitative estimate of drug-likeness (QED) is 0.860. The van der Waals surface area contributed by atoms with Gasteiger partial charge in [0, 0.05) is 6.04 Å². The second-order valence-corrected chi connectivity index (χ2v) is 5.47. The Bertz CT molecular complexity index is 653. The van der Waals surface area contributed by atoms with Crippen molar-refractivity contribution in [2.75, 3.05) is 12.4 Å². The number of aryl methyl sites for hydroxylation is 2. The van der Waals surface area contributed by atoms with E-state index in [2.05, 4.69) is 59.2 Å². The number of rotatable bonds is 5. The van der Waals surface area contributed by atoms with Gasteiger partial charge in [0.1, 0.15) is 5.82 Å². The molecule has 1 heterocycles. The topological polar surface area (TPSA) is 64.1 Å². The molecule has 0 aliphatic heterocycles. The van der Waals surface area contributed by atoms with Crippen LogP contribution in [0.2, 0.25) is 0 Å². The van der Waals surface area contributed by atoms with Crippen molar-refractivity contribution >= 4 is 11.8 Å². The molecule has 0 spiro atoms. The number of carbonyl (C=O) groups is 1. The van der Waals surface area contributed by atoms with E-state index in [9.17, 15) is 4.79 Å². The van der Waals surface area contributed by atoms with Crippen LogP contribution in [0.5, 0.6) is 0 Å². The fraction of sp³-hybridized carbons (Fsp3) is 0.353. The number of methoxy groups -OCH3 is 1. The average Bonchev–Trinajstić information content (AvgIpc) is 2.50. The van der Waals surface area contributed by atoms with Crippen LogP contribution in [0, 0.1) is 13.8 Å². The molecule has 5 nitrogen and oxygen atoms in total. The number of nitrogens with one attached hydrogen (secondary N) is 1.